The fourth-order valence-electron chi connectivity index (χ4n) is 4.62. The summed E-state index contributed by atoms with van der Waals surface area (Å²) in [6, 6.07) is 2.06. The average Bonchev–Trinajstić information content (AvgIpc) is 3.59. The van der Waals surface area contributed by atoms with E-state index in [0.717, 1.165) is 11.4 Å². The highest BCUT2D eigenvalue weighted by Gasteiger charge is 2.55. The number of hydrogen-bond donors (Lipinski definition) is 1. The number of aromatic nitrogens is 4. The zero-order valence-electron chi connectivity index (χ0n) is 30.2. The van der Waals surface area contributed by atoms with Crippen LogP contribution in [0, 0.1) is 0 Å². The lowest BCUT2D eigenvalue weighted by Gasteiger charge is -2.44. The molecule has 0 spiro atoms. The highest BCUT2D eigenvalue weighted by molar-refractivity contribution is 7.08. The van der Waals surface area contributed by atoms with E-state index < -0.39 is 37.3 Å². The molecular weight excluding hydrogens is 635 g/mol. The van der Waals surface area contributed by atoms with Crippen molar-refractivity contribution < 1.29 is 18.0 Å². The Morgan fingerprint density at radius 2 is 1.40 bits per heavy atom. The van der Waals surface area contributed by atoms with Gasteiger partial charge in [-0.3, -0.25) is 4.57 Å². The molecule has 0 bridgehead atoms. The molecule has 3 aromatic rings. The van der Waals surface area contributed by atoms with Crippen LogP contribution in [0.1, 0.15) is 68.5 Å². The number of anilines is 1. The van der Waals surface area contributed by atoms with Crippen LogP contribution >= 0.6 is 11.3 Å². The molecule has 0 radical (unpaired) electrons. The molecule has 0 amide bonds. The first-order valence-electron chi connectivity index (χ1n) is 16.0. The smallest absolute Gasteiger partial charge is 0.192 e. The van der Waals surface area contributed by atoms with Gasteiger partial charge in [0.2, 0.25) is 0 Å². The summed E-state index contributed by atoms with van der Waals surface area (Å²) >= 11 is 1.62. The Hall–Kier alpha value is -1.46. The van der Waals surface area contributed by atoms with Crippen molar-refractivity contribution in [3.63, 3.8) is 0 Å². The summed E-state index contributed by atoms with van der Waals surface area (Å²) in [5, 5.41) is 4.14. The fourth-order valence-corrected chi connectivity index (χ4v) is 8.87. The summed E-state index contributed by atoms with van der Waals surface area (Å²) in [7, 11) is -6.72. The number of hydrogen-bond acceptors (Lipinski definition) is 9. The van der Waals surface area contributed by atoms with E-state index in [1.807, 2.05) is 5.38 Å². The van der Waals surface area contributed by atoms with Crippen LogP contribution in [0.2, 0.25) is 54.4 Å². The lowest BCUT2D eigenvalue weighted by atomic mass is 10.1. The Morgan fingerprint density at radius 1 is 0.844 bits per heavy atom. The van der Waals surface area contributed by atoms with E-state index in [4.69, 9.17) is 33.7 Å². The molecule has 0 aromatic carbocycles. The summed E-state index contributed by atoms with van der Waals surface area (Å²) in [5.41, 5.74) is 8.52. The van der Waals surface area contributed by atoms with Crippen LogP contribution in [-0.4, -0.2) is 69.4 Å². The van der Waals surface area contributed by atoms with E-state index >= 15 is 0 Å². The molecule has 9 nitrogen and oxygen atoms in total. The summed E-state index contributed by atoms with van der Waals surface area (Å²) in [5.74, 6) is 1.06. The van der Waals surface area contributed by atoms with Gasteiger partial charge in [-0.1, -0.05) is 62.3 Å². The van der Waals surface area contributed by atoms with Gasteiger partial charge < -0.3 is 23.7 Å². The van der Waals surface area contributed by atoms with Crippen LogP contribution in [0.3, 0.4) is 0 Å². The molecule has 4 atom stereocenters. The molecule has 4 heterocycles. The second-order valence-electron chi connectivity index (χ2n) is 17.1. The fraction of sp³-hybridized carbons (Fsp3) is 0.719. The van der Waals surface area contributed by atoms with Crippen molar-refractivity contribution in [1.29, 1.82) is 0 Å². The van der Waals surface area contributed by atoms with Gasteiger partial charge in [0, 0.05) is 10.9 Å². The van der Waals surface area contributed by atoms with Crippen molar-refractivity contribution >= 4 is 53.3 Å². The SMILES string of the molecule is CC(C)(C)[Si](C)(C)OC[C@H]1O[C@@H](n2c(-c3ccsc3)nc3c(N)ncnc32)[C@H](O[Si](C)(C)C(C)(C)C)[C@@H]1O[Si](C)(C)C(C)(C)C. The lowest BCUT2D eigenvalue weighted by molar-refractivity contribution is -0.0462. The first-order chi connectivity index (χ1) is 20.4. The number of thiophene rings is 1. The predicted molar refractivity (Wildman–Crippen MR) is 194 cm³/mol. The quantitative estimate of drug-likeness (QED) is 0.222. The zero-order chi connectivity index (χ0) is 34.0. The van der Waals surface area contributed by atoms with E-state index in [0.29, 0.717) is 23.6 Å². The minimum Gasteiger partial charge on any atom is -0.414 e. The van der Waals surface area contributed by atoms with Crippen molar-refractivity contribution in [3.8, 4) is 11.4 Å². The Bertz CT molecular complexity index is 1470. The summed E-state index contributed by atoms with van der Waals surface area (Å²) < 4.78 is 30.8. The van der Waals surface area contributed by atoms with E-state index in [1.165, 1.54) is 6.33 Å². The normalized spacial score (nSPS) is 22.5. The maximum Gasteiger partial charge on any atom is 0.192 e. The Morgan fingerprint density at radius 3 is 1.91 bits per heavy atom. The van der Waals surface area contributed by atoms with Crippen LogP contribution in [0.4, 0.5) is 5.82 Å². The molecule has 45 heavy (non-hydrogen) atoms. The van der Waals surface area contributed by atoms with Crippen molar-refractivity contribution in [3.05, 3.63) is 23.2 Å². The number of nitrogens with two attached hydrogens (primary N) is 1. The first-order valence-corrected chi connectivity index (χ1v) is 25.7. The summed E-state index contributed by atoms with van der Waals surface area (Å²) in [4.78, 5) is 14.0. The van der Waals surface area contributed by atoms with Crippen LogP contribution in [0.5, 0.6) is 0 Å². The Balaban J connectivity index is 1.94. The molecule has 0 aliphatic carbocycles. The van der Waals surface area contributed by atoms with E-state index in [2.05, 4.69) is 123 Å². The van der Waals surface area contributed by atoms with Gasteiger partial charge in [0.05, 0.1) is 6.61 Å². The van der Waals surface area contributed by atoms with Crippen molar-refractivity contribution in [1.82, 2.24) is 19.5 Å². The van der Waals surface area contributed by atoms with Gasteiger partial charge in [0.25, 0.3) is 0 Å². The molecule has 2 N–H and O–H groups in total. The van der Waals surface area contributed by atoms with E-state index in [-0.39, 0.29) is 27.3 Å². The number of imidazole rings is 1. The minimum atomic E-state index is -2.33. The highest BCUT2D eigenvalue weighted by atomic mass is 32.1. The predicted octanol–water partition coefficient (Wildman–Crippen LogP) is 8.84. The van der Waals surface area contributed by atoms with Crippen LogP contribution in [0.15, 0.2) is 23.2 Å². The molecule has 3 aromatic heterocycles. The average molecular weight is 692 g/mol. The second kappa shape index (κ2) is 12.2. The van der Waals surface area contributed by atoms with Gasteiger partial charge in [-0.15, -0.1) is 0 Å². The number of rotatable bonds is 9. The molecule has 0 unspecified atom stereocenters. The molecule has 1 fully saturated rings. The van der Waals surface area contributed by atoms with Gasteiger partial charge in [-0.05, 0) is 65.8 Å². The largest absolute Gasteiger partial charge is 0.414 e. The number of fused-ring (bicyclic) bond motifs is 1. The summed E-state index contributed by atoms with van der Waals surface area (Å²) in [6.07, 6.45) is -0.232. The maximum absolute atomic E-state index is 7.40. The Kier molecular flexibility index (Phi) is 9.87. The minimum absolute atomic E-state index is 0.0112. The van der Waals surface area contributed by atoms with Crippen LogP contribution < -0.4 is 5.73 Å². The highest BCUT2D eigenvalue weighted by Crippen LogP contribution is 2.48. The van der Waals surface area contributed by atoms with E-state index in [1.54, 1.807) is 11.3 Å². The van der Waals surface area contributed by atoms with Gasteiger partial charge >= 0.3 is 0 Å². The van der Waals surface area contributed by atoms with Gasteiger partial charge in [0.1, 0.15) is 30.5 Å². The topological polar surface area (TPSA) is 107 Å². The standard InChI is InChI=1S/C32H57N5O4SSi3/c1-30(2,3)43(10,11)38-18-22-24(40-44(12,13)31(4,5)6)25(41-45(14,15)32(7,8)9)29(39-22)37-27(21-16-17-42-19-21)36-23-26(33)34-20-35-28(23)37/h16-17,19-20,22,24-25,29H,18H2,1-15H3,(H2,33,34,35)/t22-,24-,25-,29-/m1/s1. The third-order valence-electron chi connectivity index (χ3n) is 10.7. The van der Waals surface area contributed by atoms with Gasteiger partial charge in [-0.25, -0.2) is 15.0 Å². The third-order valence-corrected chi connectivity index (χ3v) is 24.8. The van der Waals surface area contributed by atoms with Gasteiger partial charge in [0.15, 0.2) is 48.2 Å². The molecule has 13 heteroatoms. The van der Waals surface area contributed by atoms with E-state index in [9.17, 15) is 0 Å². The Labute approximate surface area is 278 Å². The number of ether oxygens (including phenoxy) is 1. The summed E-state index contributed by atoms with van der Waals surface area (Å²) in [6.45, 7) is 34.6. The molecule has 4 rings (SSSR count). The van der Waals surface area contributed by atoms with Gasteiger partial charge in [-0.2, -0.15) is 11.3 Å². The number of nitrogens with zero attached hydrogens (tertiary/aromatic N) is 4. The second-order valence-corrected chi connectivity index (χ2v) is 32.2. The van der Waals surface area contributed by atoms with Crippen molar-refractivity contribution in [2.75, 3.05) is 12.3 Å². The van der Waals surface area contributed by atoms with Crippen molar-refractivity contribution in [2.24, 2.45) is 0 Å². The zero-order valence-corrected chi connectivity index (χ0v) is 34.0. The molecule has 1 aliphatic rings. The van der Waals surface area contributed by atoms with Crippen LogP contribution in [0.25, 0.3) is 22.6 Å². The maximum atomic E-state index is 7.40. The first kappa shape index (κ1) is 36.4. The van der Waals surface area contributed by atoms with Crippen molar-refractivity contribution in [2.45, 2.75) is 141 Å². The lowest BCUT2D eigenvalue weighted by Crippen LogP contribution is -2.54. The number of nitrogen functional groups attached to an aromatic ring is 1. The monoisotopic (exact) mass is 691 g/mol. The molecule has 0 saturated carbocycles. The molecule has 252 valence electrons. The molecular formula is C32H57N5O4SSi3. The molecule has 1 aliphatic heterocycles. The third kappa shape index (κ3) is 7.20. The molecule has 1 saturated heterocycles. The van der Waals surface area contributed by atoms with Crippen LogP contribution in [-0.2, 0) is 18.0 Å².